The average molecular weight is 366 g/mol. The average Bonchev–Trinajstić information content (AvgIpc) is 3.20. The molecule has 0 spiro atoms. The highest BCUT2D eigenvalue weighted by molar-refractivity contribution is 7.13. The van der Waals surface area contributed by atoms with Crippen LogP contribution in [0.5, 0.6) is 0 Å². The molecule has 1 saturated heterocycles. The molecule has 0 unspecified atom stereocenters. The lowest BCUT2D eigenvalue weighted by molar-refractivity contribution is 0.102. The van der Waals surface area contributed by atoms with E-state index in [0.29, 0.717) is 24.6 Å². The Morgan fingerprint density at radius 1 is 1.12 bits per heavy atom. The number of rotatable bonds is 4. The SMILES string of the molecule is O=C(Nc1ccc(N2CCOCC2)nc1)c1csc(-c2ccccc2)n1. The van der Waals surface area contributed by atoms with Crippen LogP contribution in [0.1, 0.15) is 10.5 Å². The molecule has 0 saturated carbocycles. The smallest absolute Gasteiger partial charge is 0.275 e. The monoisotopic (exact) mass is 366 g/mol. The number of aromatic nitrogens is 2. The van der Waals surface area contributed by atoms with Crippen LogP contribution >= 0.6 is 11.3 Å². The molecule has 6 nitrogen and oxygen atoms in total. The van der Waals surface area contributed by atoms with E-state index < -0.39 is 0 Å². The lowest BCUT2D eigenvalue weighted by atomic mass is 10.2. The Morgan fingerprint density at radius 3 is 2.65 bits per heavy atom. The van der Waals surface area contributed by atoms with Crippen molar-refractivity contribution in [3.63, 3.8) is 0 Å². The van der Waals surface area contributed by atoms with Crippen LogP contribution in [-0.4, -0.2) is 42.2 Å². The van der Waals surface area contributed by atoms with Gasteiger partial charge in [0.2, 0.25) is 0 Å². The minimum atomic E-state index is -0.232. The molecule has 0 radical (unpaired) electrons. The van der Waals surface area contributed by atoms with E-state index >= 15 is 0 Å². The minimum Gasteiger partial charge on any atom is -0.378 e. The van der Waals surface area contributed by atoms with Crippen LogP contribution < -0.4 is 10.2 Å². The number of nitrogens with zero attached hydrogens (tertiary/aromatic N) is 3. The summed E-state index contributed by atoms with van der Waals surface area (Å²) in [4.78, 5) is 23.5. The van der Waals surface area contributed by atoms with E-state index in [1.54, 1.807) is 11.6 Å². The molecule has 1 N–H and O–H groups in total. The van der Waals surface area contributed by atoms with Crippen LogP contribution in [-0.2, 0) is 4.74 Å². The lowest BCUT2D eigenvalue weighted by Crippen LogP contribution is -2.36. The lowest BCUT2D eigenvalue weighted by Gasteiger charge is -2.27. The molecular weight excluding hydrogens is 348 g/mol. The quantitative estimate of drug-likeness (QED) is 0.767. The first-order chi connectivity index (χ1) is 12.8. The van der Waals surface area contributed by atoms with Crippen LogP contribution in [0, 0.1) is 0 Å². The van der Waals surface area contributed by atoms with Gasteiger partial charge in [0.25, 0.3) is 5.91 Å². The zero-order chi connectivity index (χ0) is 17.8. The fourth-order valence-corrected chi connectivity index (χ4v) is 3.53. The molecule has 0 bridgehead atoms. The Balaban J connectivity index is 1.42. The highest BCUT2D eigenvalue weighted by Gasteiger charge is 2.14. The number of morpholine rings is 1. The molecule has 26 heavy (non-hydrogen) atoms. The van der Waals surface area contributed by atoms with E-state index in [1.165, 1.54) is 11.3 Å². The Hall–Kier alpha value is -2.77. The first-order valence-electron chi connectivity index (χ1n) is 8.41. The fraction of sp³-hybridized carbons (Fsp3) is 0.211. The van der Waals surface area contributed by atoms with Crippen molar-refractivity contribution >= 4 is 28.7 Å². The van der Waals surface area contributed by atoms with Crippen LogP contribution in [0.15, 0.2) is 54.0 Å². The van der Waals surface area contributed by atoms with Crippen molar-refractivity contribution in [1.82, 2.24) is 9.97 Å². The van der Waals surface area contributed by atoms with Crippen molar-refractivity contribution in [2.75, 3.05) is 36.5 Å². The second-order valence-corrected chi connectivity index (χ2v) is 6.72. The van der Waals surface area contributed by atoms with Crippen molar-refractivity contribution < 1.29 is 9.53 Å². The van der Waals surface area contributed by atoms with Gasteiger partial charge in [-0.05, 0) is 12.1 Å². The van der Waals surface area contributed by atoms with E-state index in [4.69, 9.17) is 4.74 Å². The van der Waals surface area contributed by atoms with Crippen LogP contribution in [0.25, 0.3) is 10.6 Å². The number of amides is 1. The second kappa shape index (κ2) is 7.63. The summed E-state index contributed by atoms with van der Waals surface area (Å²) in [6, 6.07) is 13.6. The van der Waals surface area contributed by atoms with Gasteiger partial charge in [-0.15, -0.1) is 11.3 Å². The topological polar surface area (TPSA) is 67.4 Å². The Labute approximate surface area is 155 Å². The van der Waals surface area contributed by atoms with Gasteiger partial charge in [0, 0.05) is 24.0 Å². The number of hydrogen-bond acceptors (Lipinski definition) is 6. The van der Waals surface area contributed by atoms with Gasteiger partial charge in [-0.1, -0.05) is 30.3 Å². The normalized spacial score (nSPS) is 14.2. The van der Waals surface area contributed by atoms with Gasteiger partial charge in [0.05, 0.1) is 25.1 Å². The summed E-state index contributed by atoms with van der Waals surface area (Å²) < 4.78 is 5.35. The van der Waals surface area contributed by atoms with E-state index in [9.17, 15) is 4.79 Å². The molecule has 3 aromatic rings. The molecule has 3 heterocycles. The standard InChI is InChI=1S/C19H18N4O2S/c24-18(16-13-26-19(22-16)14-4-2-1-3-5-14)21-15-6-7-17(20-12-15)23-8-10-25-11-9-23/h1-7,12-13H,8-11H2,(H,21,24). The highest BCUT2D eigenvalue weighted by atomic mass is 32.1. The van der Waals surface area contributed by atoms with Gasteiger partial charge in [-0.2, -0.15) is 0 Å². The number of benzene rings is 1. The predicted molar refractivity (Wildman–Crippen MR) is 103 cm³/mol. The molecule has 1 aliphatic rings. The van der Waals surface area contributed by atoms with Gasteiger partial charge in [0.1, 0.15) is 16.5 Å². The van der Waals surface area contributed by atoms with E-state index in [-0.39, 0.29) is 5.91 Å². The number of nitrogens with one attached hydrogen (secondary N) is 1. The molecule has 0 atom stereocenters. The molecular formula is C19H18N4O2S. The van der Waals surface area contributed by atoms with Crippen LogP contribution in [0.3, 0.4) is 0 Å². The number of thiazole rings is 1. The first-order valence-corrected chi connectivity index (χ1v) is 9.28. The summed E-state index contributed by atoms with van der Waals surface area (Å²) in [6.07, 6.45) is 1.67. The summed E-state index contributed by atoms with van der Waals surface area (Å²) in [5.74, 6) is 0.663. The summed E-state index contributed by atoms with van der Waals surface area (Å²) in [6.45, 7) is 3.10. The maximum Gasteiger partial charge on any atom is 0.275 e. The zero-order valence-corrected chi connectivity index (χ0v) is 14.9. The Morgan fingerprint density at radius 2 is 1.92 bits per heavy atom. The molecule has 7 heteroatoms. The molecule has 1 amide bonds. The third-order valence-corrected chi connectivity index (χ3v) is 4.99. The van der Waals surface area contributed by atoms with E-state index in [0.717, 1.165) is 29.5 Å². The number of hydrogen-bond donors (Lipinski definition) is 1. The molecule has 2 aromatic heterocycles. The largest absolute Gasteiger partial charge is 0.378 e. The van der Waals surface area contributed by atoms with Crippen LogP contribution in [0.4, 0.5) is 11.5 Å². The number of carbonyl (C=O) groups excluding carboxylic acids is 1. The molecule has 1 aromatic carbocycles. The summed E-state index contributed by atoms with van der Waals surface area (Å²) in [5, 5.41) is 5.45. The second-order valence-electron chi connectivity index (χ2n) is 5.86. The maximum atomic E-state index is 12.4. The van der Waals surface area contributed by atoms with E-state index in [2.05, 4.69) is 20.2 Å². The zero-order valence-electron chi connectivity index (χ0n) is 14.1. The third-order valence-electron chi connectivity index (χ3n) is 4.10. The predicted octanol–water partition coefficient (Wildman–Crippen LogP) is 3.29. The number of anilines is 2. The molecule has 1 fully saturated rings. The van der Waals surface area contributed by atoms with E-state index in [1.807, 2.05) is 42.5 Å². The molecule has 1 aliphatic heterocycles. The van der Waals surface area contributed by atoms with Gasteiger partial charge in [-0.3, -0.25) is 4.79 Å². The molecule has 0 aliphatic carbocycles. The van der Waals surface area contributed by atoms with Crippen molar-refractivity contribution in [2.24, 2.45) is 0 Å². The third kappa shape index (κ3) is 3.74. The van der Waals surface area contributed by atoms with Crippen molar-refractivity contribution in [3.8, 4) is 10.6 Å². The highest BCUT2D eigenvalue weighted by Crippen LogP contribution is 2.24. The van der Waals surface area contributed by atoms with Gasteiger partial charge in [-0.25, -0.2) is 9.97 Å². The van der Waals surface area contributed by atoms with Crippen molar-refractivity contribution in [1.29, 1.82) is 0 Å². The van der Waals surface area contributed by atoms with Gasteiger partial charge >= 0.3 is 0 Å². The summed E-state index contributed by atoms with van der Waals surface area (Å²) in [5.41, 5.74) is 2.07. The van der Waals surface area contributed by atoms with Crippen LogP contribution in [0.2, 0.25) is 0 Å². The number of pyridine rings is 1. The summed E-state index contributed by atoms with van der Waals surface area (Å²) >= 11 is 1.46. The summed E-state index contributed by atoms with van der Waals surface area (Å²) in [7, 11) is 0. The first kappa shape index (κ1) is 16.7. The van der Waals surface area contributed by atoms with Crippen molar-refractivity contribution in [2.45, 2.75) is 0 Å². The minimum absolute atomic E-state index is 0.232. The number of carbonyl (C=O) groups is 1. The van der Waals surface area contributed by atoms with Gasteiger partial charge < -0.3 is 15.0 Å². The molecule has 132 valence electrons. The maximum absolute atomic E-state index is 12.4. The Bertz CT molecular complexity index is 874. The van der Waals surface area contributed by atoms with Crippen molar-refractivity contribution in [3.05, 3.63) is 59.7 Å². The molecule has 4 rings (SSSR count). The Kier molecular flexibility index (Phi) is 4.90. The fourth-order valence-electron chi connectivity index (χ4n) is 2.73. The van der Waals surface area contributed by atoms with Gasteiger partial charge in [0.15, 0.2) is 0 Å². The number of ether oxygens (including phenoxy) is 1.